The van der Waals surface area contributed by atoms with Crippen molar-refractivity contribution in [2.45, 2.75) is 32.2 Å². The van der Waals surface area contributed by atoms with Crippen molar-refractivity contribution in [1.82, 2.24) is 10.2 Å². The Bertz CT molecular complexity index is 329. The maximum Gasteiger partial charge on any atom is 0.0474 e. The van der Waals surface area contributed by atoms with E-state index in [1.807, 2.05) is 0 Å². The molecule has 3 heteroatoms. The molecule has 114 valence electrons. The van der Waals surface area contributed by atoms with Crippen molar-refractivity contribution >= 4 is 0 Å². The van der Waals surface area contributed by atoms with Crippen LogP contribution in [0.15, 0.2) is 30.3 Å². The number of hydrogen-bond acceptors (Lipinski definition) is 3. The van der Waals surface area contributed by atoms with Crippen LogP contribution in [0.2, 0.25) is 0 Å². The largest absolute Gasteiger partial charge is 0.385 e. The monoisotopic (exact) mass is 278 g/mol. The van der Waals surface area contributed by atoms with Crippen LogP contribution >= 0.6 is 0 Å². The van der Waals surface area contributed by atoms with Gasteiger partial charge in [0.1, 0.15) is 0 Å². The Kier molecular flexibility index (Phi) is 9.29. The smallest absolute Gasteiger partial charge is 0.0474 e. The maximum absolute atomic E-state index is 5.10. The summed E-state index contributed by atoms with van der Waals surface area (Å²) >= 11 is 0. The molecule has 1 unspecified atom stereocenters. The van der Waals surface area contributed by atoms with Crippen LogP contribution in [0.3, 0.4) is 0 Å². The summed E-state index contributed by atoms with van der Waals surface area (Å²) in [5.74, 6) is 0. The van der Waals surface area contributed by atoms with Crippen molar-refractivity contribution in [3.8, 4) is 0 Å². The van der Waals surface area contributed by atoms with Crippen molar-refractivity contribution in [3.63, 3.8) is 0 Å². The molecule has 1 atom stereocenters. The Morgan fingerprint density at radius 3 is 2.60 bits per heavy atom. The first-order chi connectivity index (χ1) is 9.77. The molecule has 1 aromatic rings. The minimum absolute atomic E-state index is 0.459. The number of rotatable bonds is 11. The molecule has 0 aliphatic carbocycles. The number of benzene rings is 1. The van der Waals surface area contributed by atoms with Crippen LogP contribution in [0.5, 0.6) is 0 Å². The summed E-state index contributed by atoms with van der Waals surface area (Å²) in [6.45, 7) is 6.35. The molecular formula is C17H30N2O. The lowest BCUT2D eigenvalue weighted by atomic mass is 10.0. The van der Waals surface area contributed by atoms with Gasteiger partial charge >= 0.3 is 0 Å². The normalized spacial score (nSPS) is 12.8. The molecule has 0 saturated heterocycles. The summed E-state index contributed by atoms with van der Waals surface area (Å²) in [7, 11) is 3.96. The molecule has 0 bridgehead atoms. The third kappa shape index (κ3) is 7.04. The summed E-state index contributed by atoms with van der Waals surface area (Å²) in [4.78, 5) is 2.39. The SMILES string of the molecule is CCCNC(CCN(C)CCCOC)c1ccccc1. The van der Waals surface area contributed by atoms with E-state index in [-0.39, 0.29) is 0 Å². The average Bonchev–Trinajstić information content (AvgIpc) is 2.48. The van der Waals surface area contributed by atoms with E-state index in [1.54, 1.807) is 7.11 Å². The van der Waals surface area contributed by atoms with E-state index in [2.05, 4.69) is 54.5 Å². The van der Waals surface area contributed by atoms with Gasteiger partial charge in [0.2, 0.25) is 0 Å². The molecule has 1 aromatic carbocycles. The Morgan fingerprint density at radius 2 is 1.95 bits per heavy atom. The minimum Gasteiger partial charge on any atom is -0.385 e. The second-order valence-electron chi connectivity index (χ2n) is 5.36. The molecule has 1 N–H and O–H groups in total. The van der Waals surface area contributed by atoms with Crippen molar-refractivity contribution in [2.24, 2.45) is 0 Å². The highest BCUT2D eigenvalue weighted by atomic mass is 16.5. The molecule has 3 nitrogen and oxygen atoms in total. The molecule has 0 fully saturated rings. The van der Waals surface area contributed by atoms with Crippen molar-refractivity contribution < 1.29 is 4.74 Å². The van der Waals surface area contributed by atoms with Crippen LogP contribution in [0.4, 0.5) is 0 Å². The van der Waals surface area contributed by atoms with Gasteiger partial charge in [0.15, 0.2) is 0 Å². The van der Waals surface area contributed by atoms with Gasteiger partial charge < -0.3 is 15.0 Å². The summed E-state index contributed by atoms with van der Waals surface area (Å²) < 4.78 is 5.10. The highest BCUT2D eigenvalue weighted by Gasteiger charge is 2.11. The van der Waals surface area contributed by atoms with Gasteiger partial charge in [-0.25, -0.2) is 0 Å². The molecule has 0 aliphatic rings. The van der Waals surface area contributed by atoms with Gasteiger partial charge in [0.05, 0.1) is 0 Å². The fraction of sp³-hybridized carbons (Fsp3) is 0.647. The van der Waals surface area contributed by atoms with E-state index < -0.39 is 0 Å². The first-order valence-corrected chi connectivity index (χ1v) is 7.73. The Morgan fingerprint density at radius 1 is 1.20 bits per heavy atom. The van der Waals surface area contributed by atoms with Gasteiger partial charge in [0, 0.05) is 26.3 Å². The molecule has 0 aliphatic heterocycles. The van der Waals surface area contributed by atoms with Gasteiger partial charge in [-0.05, 0) is 45.0 Å². The van der Waals surface area contributed by atoms with E-state index in [0.29, 0.717) is 6.04 Å². The van der Waals surface area contributed by atoms with Gasteiger partial charge in [0.25, 0.3) is 0 Å². The Balaban J connectivity index is 2.41. The number of nitrogens with one attached hydrogen (secondary N) is 1. The first kappa shape index (κ1) is 17.2. The van der Waals surface area contributed by atoms with E-state index in [4.69, 9.17) is 4.74 Å². The zero-order chi connectivity index (χ0) is 14.6. The topological polar surface area (TPSA) is 24.5 Å². The summed E-state index contributed by atoms with van der Waals surface area (Å²) in [5.41, 5.74) is 1.39. The quantitative estimate of drug-likeness (QED) is 0.630. The standard InChI is InChI=1S/C17H30N2O/c1-4-12-18-17(16-9-6-5-7-10-16)11-14-19(2)13-8-15-20-3/h5-7,9-10,17-18H,4,8,11-15H2,1-3H3. The molecule has 20 heavy (non-hydrogen) atoms. The van der Waals surface area contributed by atoms with E-state index in [0.717, 1.165) is 39.1 Å². The number of methoxy groups -OCH3 is 1. The van der Waals surface area contributed by atoms with Crippen LogP contribution in [0, 0.1) is 0 Å². The van der Waals surface area contributed by atoms with Crippen molar-refractivity contribution in [1.29, 1.82) is 0 Å². The average molecular weight is 278 g/mol. The zero-order valence-electron chi connectivity index (χ0n) is 13.3. The van der Waals surface area contributed by atoms with Gasteiger partial charge in [-0.1, -0.05) is 37.3 Å². The second-order valence-corrected chi connectivity index (χ2v) is 5.36. The van der Waals surface area contributed by atoms with E-state index >= 15 is 0 Å². The van der Waals surface area contributed by atoms with Crippen LogP contribution in [0.25, 0.3) is 0 Å². The number of hydrogen-bond donors (Lipinski definition) is 1. The minimum atomic E-state index is 0.459. The first-order valence-electron chi connectivity index (χ1n) is 7.73. The summed E-state index contributed by atoms with van der Waals surface area (Å²) in [6.07, 6.45) is 3.42. The van der Waals surface area contributed by atoms with Crippen molar-refractivity contribution in [2.75, 3.05) is 40.4 Å². The maximum atomic E-state index is 5.10. The molecule has 1 rings (SSSR count). The molecule has 0 radical (unpaired) electrons. The predicted octanol–water partition coefficient (Wildman–Crippen LogP) is 3.09. The molecule has 0 aromatic heterocycles. The lowest BCUT2D eigenvalue weighted by molar-refractivity contribution is 0.178. The fourth-order valence-electron chi connectivity index (χ4n) is 2.33. The van der Waals surface area contributed by atoms with Gasteiger partial charge in [-0.3, -0.25) is 0 Å². The Hall–Kier alpha value is -0.900. The third-order valence-corrected chi connectivity index (χ3v) is 3.53. The number of ether oxygens (including phenoxy) is 1. The fourth-order valence-corrected chi connectivity index (χ4v) is 2.33. The predicted molar refractivity (Wildman–Crippen MR) is 86.1 cm³/mol. The summed E-state index contributed by atoms with van der Waals surface area (Å²) in [5, 5.41) is 3.66. The lowest BCUT2D eigenvalue weighted by Gasteiger charge is -2.23. The van der Waals surface area contributed by atoms with Crippen molar-refractivity contribution in [3.05, 3.63) is 35.9 Å². The second kappa shape index (κ2) is 10.8. The third-order valence-electron chi connectivity index (χ3n) is 3.53. The molecule has 0 spiro atoms. The molecule has 0 heterocycles. The highest BCUT2D eigenvalue weighted by molar-refractivity contribution is 5.18. The highest BCUT2D eigenvalue weighted by Crippen LogP contribution is 2.16. The van der Waals surface area contributed by atoms with Crippen LogP contribution in [-0.4, -0.2) is 45.3 Å². The van der Waals surface area contributed by atoms with Gasteiger partial charge in [-0.2, -0.15) is 0 Å². The zero-order valence-corrected chi connectivity index (χ0v) is 13.3. The van der Waals surface area contributed by atoms with Gasteiger partial charge in [-0.15, -0.1) is 0 Å². The lowest BCUT2D eigenvalue weighted by Crippen LogP contribution is -2.28. The molecular weight excluding hydrogens is 248 g/mol. The van der Waals surface area contributed by atoms with E-state index in [1.165, 1.54) is 12.0 Å². The van der Waals surface area contributed by atoms with Crippen LogP contribution in [-0.2, 0) is 4.74 Å². The number of nitrogens with zero attached hydrogens (tertiary/aromatic N) is 1. The molecule has 0 amide bonds. The van der Waals surface area contributed by atoms with E-state index in [9.17, 15) is 0 Å². The van der Waals surface area contributed by atoms with Crippen LogP contribution < -0.4 is 5.32 Å². The Labute approximate surface area is 124 Å². The summed E-state index contributed by atoms with van der Waals surface area (Å²) in [6, 6.07) is 11.2. The molecule has 0 saturated carbocycles. The van der Waals surface area contributed by atoms with Crippen LogP contribution in [0.1, 0.15) is 37.8 Å².